The van der Waals surface area contributed by atoms with Crippen molar-refractivity contribution in [2.75, 3.05) is 13.1 Å². The predicted molar refractivity (Wildman–Crippen MR) is 121 cm³/mol. The van der Waals surface area contributed by atoms with Crippen LogP contribution in [0.4, 0.5) is 4.39 Å². The maximum Gasteiger partial charge on any atom is 0.261 e. The molecule has 0 saturated heterocycles. The molecule has 2 atom stereocenters. The van der Waals surface area contributed by atoms with Gasteiger partial charge in [0.1, 0.15) is 11.6 Å². The summed E-state index contributed by atoms with van der Waals surface area (Å²) in [5.41, 5.74) is 2.78. The number of carbonyl (C=O) groups excluding carboxylic acids is 2. The first-order valence-corrected chi connectivity index (χ1v) is 11.3. The molecule has 0 spiro atoms. The zero-order chi connectivity index (χ0) is 22.7. The third-order valence-electron chi connectivity index (χ3n) is 6.08. The van der Waals surface area contributed by atoms with E-state index in [0.29, 0.717) is 25.3 Å². The van der Waals surface area contributed by atoms with Crippen molar-refractivity contribution in [2.45, 2.75) is 44.8 Å². The monoisotopic (exact) mass is 436 g/mol. The van der Waals surface area contributed by atoms with E-state index >= 15 is 0 Å². The molecule has 32 heavy (non-hydrogen) atoms. The smallest absolute Gasteiger partial charge is 0.261 e. The summed E-state index contributed by atoms with van der Waals surface area (Å²) in [7, 11) is 0. The molecule has 0 aromatic heterocycles. The molecular weight excluding hydrogens is 407 g/mol. The van der Waals surface area contributed by atoms with E-state index in [1.165, 1.54) is 12.1 Å². The first-order chi connectivity index (χ1) is 15.5. The maximum atomic E-state index is 14.1. The van der Waals surface area contributed by atoms with E-state index in [0.717, 1.165) is 36.0 Å². The van der Waals surface area contributed by atoms with Crippen LogP contribution in [0.15, 0.2) is 55.1 Å². The molecule has 5 nitrogen and oxygen atoms in total. The van der Waals surface area contributed by atoms with Crippen LogP contribution in [0.2, 0.25) is 0 Å². The minimum atomic E-state index is -0.631. The minimum Gasteiger partial charge on any atom is -0.481 e. The van der Waals surface area contributed by atoms with Gasteiger partial charge in [0.05, 0.1) is 6.04 Å². The lowest BCUT2D eigenvalue weighted by atomic mass is 9.87. The molecule has 1 N–H and O–H groups in total. The fourth-order valence-corrected chi connectivity index (χ4v) is 4.28. The number of halogens is 1. The van der Waals surface area contributed by atoms with E-state index in [2.05, 4.69) is 11.9 Å². The van der Waals surface area contributed by atoms with Crippen molar-refractivity contribution in [1.82, 2.24) is 10.2 Å². The van der Waals surface area contributed by atoms with Crippen LogP contribution in [-0.4, -0.2) is 35.9 Å². The summed E-state index contributed by atoms with van der Waals surface area (Å²) in [6.45, 7) is 6.49. The standard InChI is InChI=1S/C26H29FN2O3/c1-3-13-28-25(30)23(4-2)32-21-11-10-17-12-14-29(26(31)18-8-9-18)24(22(17)16-21)19-6-5-7-20(27)15-19/h3,5-7,10-11,15-16,18,23-24H,1,4,8-9,12-14H2,2H3,(H,28,30)/t23-,24-/m0/s1. The van der Waals surface area contributed by atoms with Crippen molar-refractivity contribution in [3.8, 4) is 5.75 Å². The summed E-state index contributed by atoms with van der Waals surface area (Å²) in [6.07, 6.45) is 4.07. The lowest BCUT2D eigenvalue weighted by Crippen LogP contribution is -2.41. The number of hydrogen-bond acceptors (Lipinski definition) is 3. The minimum absolute atomic E-state index is 0.0741. The van der Waals surface area contributed by atoms with Crippen molar-refractivity contribution in [2.24, 2.45) is 5.92 Å². The van der Waals surface area contributed by atoms with Gasteiger partial charge in [-0.3, -0.25) is 9.59 Å². The summed E-state index contributed by atoms with van der Waals surface area (Å²) in [6, 6.07) is 11.8. The fraction of sp³-hybridized carbons (Fsp3) is 0.385. The van der Waals surface area contributed by atoms with Crippen LogP contribution in [0.5, 0.6) is 5.75 Å². The summed E-state index contributed by atoms with van der Waals surface area (Å²) >= 11 is 0. The number of carbonyl (C=O) groups is 2. The normalized spacial score (nSPS) is 18.4. The molecule has 1 saturated carbocycles. The Hall–Kier alpha value is -3.15. The molecule has 1 heterocycles. The average Bonchev–Trinajstić information content (AvgIpc) is 3.65. The number of amides is 2. The molecule has 2 aliphatic rings. The molecule has 1 fully saturated rings. The van der Waals surface area contributed by atoms with E-state index < -0.39 is 6.10 Å². The number of benzene rings is 2. The molecule has 168 valence electrons. The molecule has 2 aromatic rings. The highest BCUT2D eigenvalue weighted by atomic mass is 19.1. The van der Waals surface area contributed by atoms with Gasteiger partial charge in [-0.15, -0.1) is 6.58 Å². The number of fused-ring (bicyclic) bond motifs is 1. The fourth-order valence-electron chi connectivity index (χ4n) is 4.28. The second-order valence-corrected chi connectivity index (χ2v) is 8.42. The van der Waals surface area contributed by atoms with Crippen LogP contribution in [0.25, 0.3) is 0 Å². The molecule has 6 heteroatoms. The van der Waals surface area contributed by atoms with E-state index in [-0.39, 0.29) is 29.6 Å². The lowest BCUT2D eigenvalue weighted by molar-refractivity contribution is -0.134. The van der Waals surface area contributed by atoms with Gasteiger partial charge in [0.15, 0.2) is 6.10 Å². The number of ether oxygens (including phenoxy) is 1. The zero-order valence-corrected chi connectivity index (χ0v) is 18.4. The van der Waals surface area contributed by atoms with Gasteiger partial charge < -0.3 is 15.0 Å². The van der Waals surface area contributed by atoms with Crippen molar-refractivity contribution in [3.63, 3.8) is 0 Å². The van der Waals surface area contributed by atoms with Crippen LogP contribution in [0.1, 0.15) is 48.9 Å². The van der Waals surface area contributed by atoms with Gasteiger partial charge in [-0.25, -0.2) is 4.39 Å². The third-order valence-corrected chi connectivity index (χ3v) is 6.08. The van der Waals surface area contributed by atoms with Crippen LogP contribution in [-0.2, 0) is 16.0 Å². The highest BCUT2D eigenvalue weighted by Crippen LogP contribution is 2.41. The van der Waals surface area contributed by atoms with Crippen molar-refractivity contribution in [3.05, 3.63) is 77.6 Å². The largest absolute Gasteiger partial charge is 0.481 e. The Morgan fingerprint density at radius 2 is 2.09 bits per heavy atom. The summed E-state index contributed by atoms with van der Waals surface area (Å²) in [5, 5.41) is 2.77. The molecular formula is C26H29FN2O3. The Morgan fingerprint density at radius 1 is 1.28 bits per heavy atom. The van der Waals surface area contributed by atoms with Crippen molar-refractivity contribution in [1.29, 1.82) is 0 Å². The predicted octanol–water partition coefficient (Wildman–Crippen LogP) is 4.17. The molecule has 2 aromatic carbocycles. The molecule has 1 aliphatic heterocycles. The average molecular weight is 437 g/mol. The zero-order valence-electron chi connectivity index (χ0n) is 18.4. The van der Waals surface area contributed by atoms with Crippen LogP contribution in [0.3, 0.4) is 0 Å². The van der Waals surface area contributed by atoms with E-state index in [9.17, 15) is 14.0 Å². The SMILES string of the molecule is C=CCNC(=O)[C@H](CC)Oc1ccc2c(c1)[C@H](c1cccc(F)c1)N(C(=O)C1CC1)CC2. The van der Waals surface area contributed by atoms with Crippen LogP contribution >= 0.6 is 0 Å². The van der Waals surface area contributed by atoms with Crippen molar-refractivity contribution >= 4 is 11.8 Å². The Kier molecular flexibility index (Phi) is 6.58. The van der Waals surface area contributed by atoms with E-state index in [1.807, 2.05) is 36.1 Å². The third kappa shape index (κ3) is 4.69. The number of nitrogens with one attached hydrogen (secondary N) is 1. The number of nitrogens with zero attached hydrogens (tertiary/aromatic N) is 1. The molecule has 0 unspecified atom stereocenters. The highest BCUT2D eigenvalue weighted by molar-refractivity contribution is 5.82. The van der Waals surface area contributed by atoms with Gasteiger partial charge in [0.25, 0.3) is 5.91 Å². The molecule has 1 aliphatic carbocycles. The van der Waals surface area contributed by atoms with Gasteiger partial charge in [-0.05, 0) is 66.6 Å². The maximum absolute atomic E-state index is 14.1. The van der Waals surface area contributed by atoms with Crippen LogP contribution in [0, 0.1) is 11.7 Å². The number of rotatable bonds is 8. The quantitative estimate of drug-likeness (QED) is 0.632. The van der Waals surface area contributed by atoms with Gasteiger partial charge in [-0.1, -0.05) is 31.2 Å². The lowest BCUT2D eigenvalue weighted by Gasteiger charge is -2.38. The Labute approximate surface area is 188 Å². The summed E-state index contributed by atoms with van der Waals surface area (Å²) in [5.74, 6) is 0.242. The molecule has 2 amide bonds. The first kappa shape index (κ1) is 22.1. The topological polar surface area (TPSA) is 58.6 Å². The van der Waals surface area contributed by atoms with Gasteiger partial charge >= 0.3 is 0 Å². The Bertz CT molecular complexity index is 1020. The van der Waals surface area contributed by atoms with Crippen molar-refractivity contribution < 1.29 is 18.7 Å². The molecule has 4 rings (SSSR count). The second kappa shape index (κ2) is 9.55. The summed E-state index contributed by atoms with van der Waals surface area (Å²) < 4.78 is 20.1. The second-order valence-electron chi connectivity index (χ2n) is 8.42. The highest BCUT2D eigenvalue weighted by Gasteiger charge is 2.39. The Balaban J connectivity index is 1.68. The van der Waals surface area contributed by atoms with Gasteiger partial charge in [0, 0.05) is 19.0 Å². The molecule has 0 radical (unpaired) electrons. The van der Waals surface area contributed by atoms with Crippen LogP contribution < -0.4 is 10.1 Å². The van der Waals surface area contributed by atoms with E-state index in [1.54, 1.807) is 12.1 Å². The van der Waals surface area contributed by atoms with Gasteiger partial charge in [0.2, 0.25) is 5.91 Å². The van der Waals surface area contributed by atoms with E-state index in [4.69, 9.17) is 4.74 Å². The summed E-state index contributed by atoms with van der Waals surface area (Å²) in [4.78, 5) is 27.4. The first-order valence-electron chi connectivity index (χ1n) is 11.3. The molecule has 0 bridgehead atoms. The number of hydrogen-bond donors (Lipinski definition) is 1. The Morgan fingerprint density at radius 3 is 2.78 bits per heavy atom. The van der Waals surface area contributed by atoms with Gasteiger partial charge in [-0.2, -0.15) is 0 Å².